The summed E-state index contributed by atoms with van der Waals surface area (Å²) in [5, 5.41) is 2.53. The second-order valence-electron chi connectivity index (χ2n) is 10.3. The summed E-state index contributed by atoms with van der Waals surface area (Å²) in [5.41, 5.74) is 2.86. The van der Waals surface area contributed by atoms with Crippen molar-refractivity contribution < 1.29 is 28.7 Å². The first kappa shape index (κ1) is 29.4. The van der Waals surface area contributed by atoms with Crippen molar-refractivity contribution in [3.8, 4) is 5.75 Å². The molecule has 0 aliphatic carbocycles. The zero-order valence-electron chi connectivity index (χ0n) is 23.7. The fourth-order valence-corrected chi connectivity index (χ4v) is 8.01. The fraction of sp³-hybridized carbons (Fsp3) is 0.219. The normalized spacial score (nSPS) is 18.9. The zero-order chi connectivity index (χ0) is 31.0. The van der Waals surface area contributed by atoms with Crippen molar-refractivity contribution >= 4 is 58.2 Å². The number of thiazole rings is 1. The Bertz CT molecular complexity index is 1830. The third kappa shape index (κ3) is 5.53. The molecule has 1 fully saturated rings. The molecule has 44 heavy (non-hydrogen) atoms. The van der Waals surface area contributed by atoms with Crippen LogP contribution in [0.2, 0.25) is 0 Å². The number of H-pyrrole nitrogens is 1. The number of fused-ring (bicyclic) bond motifs is 2. The summed E-state index contributed by atoms with van der Waals surface area (Å²) in [6, 6.07) is 20.5. The predicted molar refractivity (Wildman–Crippen MR) is 167 cm³/mol. The molecule has 2 N–H and O–H groups in total. The Kier molecular flexibility index (Phi) is 8.11. The number of thioether (sulfide) groups is 1. The number of aryl methyl sites for hydroxylation is 1. The van der Waals surface area contributed by atoms with Crippen molar-refractivity contribution in [3.63, 3.8) is 0 Å². The van der Waals surface area contributed by atoms with E-state index in [-0.39, 0.29) is 24.0 Å². The third-order valence-corrected chi connectivity index (χ3v) is 9.78. The molecule has 0 spiro atoms. The fourth-order valence-electron chi connectivity index (χ4n) is 5.50. The summed E-state index contributed by atoms with van der Waals surface area (Å²) in [4.78, 5) is 69.5. The van der Waals surface area contributed by atoms with Crippen LogP contribution in [-0.2, 0) is 19.1 Å². The molecule has 1 saturated heterocycles. The minimum absolute atomic E-state index is 0.223. The number of ether oxygens (including phenoxy) is 2. The van der Waals surface area contributed by atoms with Crippen molar-refractivity contribution in [2.45, 2.75) is 30.0 Å². The van der Waals surface area contributed by atoms with Gasteiger partial charge in [0.15, 0.2) is 6.61 Å². The van der Waals surface area contributed by atoms with Gasteiger partial charge in [0.2, 0.25) is 11.8 Å². The average molecular weight is 630 g/mol. The van der Waals surface area contributed by atoms with Crippen molar-refractivity contribution in [2.24, 2.45) is 5.92 Å². The number of esters is 1. The minimum Gasteiger partial charge on any atom is -0.483 e. The Labute approximate surface area is 260 Å². The molecule has 12 heteroatoms. The number of hydrogen-bond donors (Lipinski definition) is 2. The van der Waals surface area contributed by atoms with Gasteiger partial charge in [-0.05, 0) is 61.9 Å². The van der Waals surface area contributed by atoms with E-state index in [1.54, 1.807) is 49.4 Å². The maximum atomic E-state index is 14.1. The van der Waals surface area contributed by atoms with Gasteiger partial charge >= 0.3 is 10.8 Å². The van der Waals surface area contributed by atoms with Crippen LogP contribution >= 0.6 is 23.1 Å². The number of rotatable bonds is 8. The van der Waals surface area contributed by atoms with Gasteiger partial charge in [-0.15, -0.1) is 0 Å². The van der Waals surface area contributed by atoms with E-state index >= 15 is 0 Å². The lowest BCUT2D eigenvalue weighted by atomic mass is 9.82. The number of nitrogens with one attached hydrogen (secondary N) is 2. The van der Waals surface area contributed by atoms with Gasteiger partial charge in [-0.1, -0.05) is 53.4 Å². The topological polar surface area (TPSA) is 135 Å². The summed E-state index contributed by atoms with van der Waals surface area (Å²) in [6.45, 7) is 3.57. The van der Waals surface area contributed by atoms with Crippen LogP contribution in [0.3, 0.4) is 0 Å². The molecule has 3 aromatic carbocycles. The van der Waals surface area contributed by atoms with Crippen molar-refractivity contribution in [2.75, 3.05) is 23.4 Å². The van der Waals surface area contributed by atoms with Gasteiger partial charge in [-0.2, -0.15) is 0 Å². The number of imide groups is 1. The van der Waals surface area contributed by atoms with Gasteiger partial charge in [0.1, 0.15) is 11.0 Å². The quantitative estimate of drug-likeness (QED) is 0.211. The number of carbonyl (C=O) groups is 4. The second-order valence-corrected chi connectivity index (χ2v) is 12.4. The highest BCUT2D eigenvalue weighted by molar-refractivity contribution is 8.00. The van der Waals surface area contributed by atoms with Gasteiger partial charge in [0.25, 0.3) is 5.91 Å². The zero-order valence-corrected chi connectivity index (χ0v) is 25.3. The lowest BCUT2D eigenvalue weighted by molar-refractivity contribution is -0.122. The number of hydrogen-bond acceptors (Lipinski definition) is 9. The van der Waals surface area contributed by atoms with E-state index in [0.29, 0.717) is 38.2 Å². The number of carbonyl (C=O) groups excluding carboxylic acids is 4. The number of amides is 3. The van der Waals surface area contributed by atoms with E-state index in [9.17, 15) is 24.0 Å². The Balaban J connectivity index is 1.31. The minimum atomic E-state index is -0.845. The number of benzene rings is 3. The molecule has 0 radical (unpaired) electrons. The van der Waals surface area contributed by atoms with Crippen LogP contribution in [-0.4, -0.2) is 47.1 Å². The third-order valence-electron chi connectivity index (χ3n) is 7.38. The average Bonchev–Trinajstić information content (AvgIpc) is 3.50. The van der Waals surface area contributed by atoms with E-state index in [1.807, 2.05) is 25.1 Å². The number of aromatic nitrogens is 1. The Hall–Kier alpha value is -4.68. The molecule has 4 aromatic rings. The first-order valence-corrected chi connectivity index (χ1v) is 15.6. The number of para-hydroxylation sites is 1. The Morgan fingerprint density at radius 1 is 0.977 bits per heavy atom. The van der Waals surface area contributed by atoms with Gasteiger partial charge in [0.05, 0.1) is 28.8 Å². The molecular weight excluding hydrogens is 603 g/mol. The number of anilines is 2. The highest BCUT2D eigenvalue weighted by Gasteiger charge is 2.56. The maximum Gasteiger partial charge on any atom is 0.338 e. The van der Waals surface area contributed by atoms with Gasteiger partial charge in [-0.25, -0.2) is 9.69 Å². The lowest BCUT2D eigenvalue weighted by Crippen LogP contribution is -2.32. The van der Waals surface area contributed by atoms with E-state index in [4.69, 9.17) is 9.47 Å². The van der Waals surface area contributed by atoms with Crippen LogP contribution in [0.15, 0.2) is 82.6 Å². The maximum absolute atomic E-state index is 14.1. The molecule has 0 bridgehead atoms. The van der Waals surface area contributed by atoms with Crippen LogP contribution in [0.4, 0.5) is 11.4 Å². The first-order valence-electron chi connectivity index (χ1n) is 13.9. The molecule has 3 heterocycles. The van der Waals surface area contributed by atoms with Crippen molar-refractivity contribution in [1.29, 1.82) is 0 Å². The second kappa shape index (κ2) is 12.1. The molecule has 10 nitrogen and oxygen atoms in total. The van der Waals surface area contributed by atoms with Crippen molar-refractivity contribution in [3.05, 3.63) is 104 Å². The van der Waals surface area contributed by atoms with E-state index < -0.39 is 34.9 Å². The largest absolute Gasteiger partial charge is 0.483 e. The molecular formula is C32H27N3O7S2. The van der Waals surface area contributed by atoms with Crippen LogP contribution in [0.1, 0.15) is 39.2 Å². The smallest absolute Gasteiger partial charge is 0.338 e. The molecule has 2 aliphatic rings. The molecule has 6 rings (SSSR count). The Morgan fingerprint density at radius 2 is 1.75 bits per heavy atom. The van der Waals surface area contributed by atoms with Crippen LogP contribution in [0.25, 0.3) is 0 Å². The van der Waals surface area contributed by atoms with Crippen LogP contribution in [0, 0.1) is 12.8 Å². The monoisotopic (exact) mass is 629 g/mol. The standard InChI is InChI=1S/C32H27N3O7S2/c1-3-41-31(39)18-11-13-20(14-12-18)35-29(37)25-24(26-28(34-32(40)44-26)43-27(25)30(35)38)21-9-4-5-10-22(21)42-16-23(36)33-19-8-6-7-17(2)15-19/h4-15,24-25,27H,3,16H2,1-2H3,(H,33,36)(H,34,40)/t24-,25?,27?/m1/s1. The summed E-state index contributed by atoms with van der Waals surface area (Å²) in [5.74, 6) is -2.88. The van der Waals surface area contributed by atoms with Gasteiger partial charge in [-0.3, -0.25) is 19.2 Å². The summed E-state index contributed by atoms with van der Waals surface area (Å²) in [7, 11) is 0. The van der Waals surface area contributed by atoms with Crippen molar-refractivity contribution in [1.82, 2.24) is 4.98 Å². The summed E-state index contributed by atoms with van der Waals surface area (Å²) >= 11 is 2.15. The first-order chi connectivity index (χ1) is 21.2. The molecule has 3 amide bonds. The SMILES string of the molecule is CCOC(=O)c1ccc(N2C(=O)C3Sc4[nH]c(=O)sc4[C@H](c4ccccc4OCC(=O)Nc4cccc(C)c4)C3C2=O)cc1. The van der Waals surface area contributed by atoms with E-state index in [1.165, 1.54) is 12.1 Å². The van der Waals surface area contributed by atoms with Crippen LogP contribution < -0.4 is 19.8 Å². The molecule has 2 unspecified atom stereocenters. The summed E-state index contributed by atoms with van der Waals surface area (Å²) in [6.07, 6.45) is 0. The van der Waals surface area contributed by atoms with Crippen LogP contribution in [0.5, 0.6) is 5.75 Å². The molecule has 2 aliphatic heterocycles. The predicted octanol–water partition coefficient (Wildman–Crippen LogP) is 4.73. The molecule has 1 aromatic heterocycles. The lowest BCUT2D eigenvalue weighted by Gasteiger charge is -2.30. The van der Waals surface area contributed by atoms with E-state index in [0.717, 1.165) is 33.6 Å². The summed E-state index contributed by atoms with van der Waals surface area (Å²) < 4.78 is 11.0. The molecule has 0 saturated carbocycles. The van der Waals surface area contributed by atoms with Gasteiger partial charge < -0.3 is 19.8 Å². The van der Waals surface area contributed by atoms with E-state index in [2.05, 4.69) is 10.3 Å². The number of nitrogens with zero attached hydrogens (tertiary/aromatic N) is 1. The highest BCUT2D eigenvalue weighted by Crippen LogP contribution is 2.54. The molecule has 3 atom stereocenters. The highest BCUT2D eigenvalue weighted by atomic mass is 32.2. The Morgan fingerprint density at radius 3 is 2.50 bits per heavy atom. The number of aromatic amines is 1. The molecule has 224 valence electrons. The van der Waals surface area contributed by atoms with Gasteiger partial charge in [0, 0.05) is 22.0 Å².